The molecule has 0 heterocycles. The summed E-state index contributed by atoms with van der Waals surface area (Å²) < 4.78 is 0. The van der Waals surface area contributed by atoms with E-state index in [4.69, 9.17) is 5.26 Å². The first-order chi connectivity index (χ1) is 7.38. The molecule has 0 aliphatic rings. The third kappa shape index (κ3) is 4.45. The minimum atomic E-state index is -0.164. The fraction of sp³-hybridized carbons (Fsp3) is 0.538. The largest absolute Gasteiger partial charge is 0.251 e. The molecule has 0 saturated heterocycles. The van der Waals surface area contributed by atoms with Crippen LogP contribution in [0.2, 0.25) is 0 Å². The van der Waals surface area contributed by atoms with Gasteiger partial charge in [-0.3, -0.25) is 5.26 Å². The van der Waals surface area contributed by atoms with Crippen molar-refractivity contribution in [2.24, 2.45) is 0 Å². The summed E-state index contributed by atoms with van der Waals surface area (Å²) in [4.78, 5) is 4.52. The van der Waals surface area contributed by atoms with Gasteiger partial charge in [-0.25, -0.2) is 4.89 Å². The average Bonchev–Trinajstić information content (AvgIpc) is 2.30. The third-order valence-electron chi connectivity index (χ3n) is 2.62. The summed E-state index contributed by atoms with van der Waals surface area (Å²) in [7, 11) is 0. The van der Waals surface area contributed by atoms with Crippen LogP contribution in [0.25, 0.3) is 0 Å². The Morgan fingerprint density at radius 1 is 1.13 bits per heavy atom. The zero-order chi connectivity index (χ0) is 10.9. The molecule has 0 aliphatic heterocycles. The van der Waals surface area contributed by atoms with E-state index < -0.39 is 0 Å². The number of hydrogen-bond acceptors (Lipinski definition) is 2. The van der Waals surface area contributed by atoms with Crippen LogP contribution in [0.1, 0.15) is 50.7 Å². The van der Waals surface area contributed by atoms with Gasteiger partial charge in [-0.15, -0.1) is 0 Å². The quantitative estimate of drug-likeness (QED) is 0.413. The first kappa shape index (κ1) is 12.2. The molecule has 0 saturated carbocycles. The maximum absolute atomic E-state index is 8.84. The van der Waals surface area contributed by atoms with E-state index in [1.165, 1.54) is 19.3 Å². The summed E-state index contributed by atoms with van der Waals surface area (Å²) >= 11 is 0. The molecule has 1 aromatic carbocycles. The van der Waals surface area contributed by atoms with Crippen molar-refractivity contribution in [3.05, 3.63) is 35.9 Å². The van der Waals surface area contributed by atoms with Gasteiger partial charge in [-0.2, -0.15) is 0 Å². The van der Waals surface area contributed by atoms with Crippen molar-refractivity contribution >= 4 is 0 Å². The molecular weight excluding hydrogens is 188 g/mol. The molecule has 0 unspecified atom stereocenters. The Bertz CT molecular complexity index is 246. The predicted molar refractivity (Wildman–Crippen MR) is 61.7 cm³/mol. The topological polar surface area (TPSA) is 29.5 Å². The highest BCUT2D eigenvalue weighted by Gasteiger charge is 2.10. The molecule has 0 spiro atoms. The van der Waals surface area contributed by atoms with Gasteiger partial charge < -0.3 is 0 Å². The standard InChI is InChI=1S/C13H20O2/c1-2-3-4-8-11-13(15-14)12-9-6-5-7-10-12/h5-7,9-10,13-14H,2-4,8,11H2,1H3/t13-/m0/s1. The Labute approximate surface area is 91.8 Å². The number of unbranched alkanes of at least 4 members (excludes halogenated alkanes) is 3. The van der Waals surface area contributed by atoms with E-state index in [9.17, 15) is 0 Å². The smallest absolute Gasteiger partial charge is 0.118 e. The predicted octanol–water partition coefficient (Wildman–Crippen LogP) is 4.19. The van der Waals surface area contributed by atoms with Gasteiger partial charge in [-0.05, 0) is 12.0 Å². The van der Waals surface area contributed by atoms with E-state index in [1.807, 2.05) is 30.3 Å². The molecule has 0 fully saturated rings. The fourth-order valence-corrected chi connectivity index (χ4v) is 1.70. The Morgan fingerprint density at radius 2 is 1.87 bits per heavy atom. The second-order valence-electron chi connectivity index (χ2n) is 3.85. The van der Waals surface area contributed by atoms with Crippen LogP contribution in [0.3, 0.4) is 0 Å². The van der Waals surface area contributed by atoms with Crippen molar-refractivity contribution in [2.75, 3.05) is 0 Å². The molecular formula is C13H20O2. The zero-order valence-corrected chi connectivity index (χ0v) is 9.36. The van der Waals surface area contributed by atoms with Crippen molar-refractivity contribution in [2.45, 2.75) is 45.1 Å². The van der Waals surface area contributed by atoms with Crippen LogP contribution in [-0.4, -0.2) is 5.26 Å². The van der Waals surface area contributed by atoms with Crippen LogP contribution in [0, 0.1) is 0 Å². The lowest BCUT2D eigenvalue weighted by Crippen LogP contribution is -2.01. The molecule has 2 heteroatoms. The maximum Gasteiger partial charge on any atom is 0.118 e. The summed E-state index contributed by atoms with van der Waals surface area (Å²) in [5, 5.41) is 8.84. The SMILES string of the molecule is CCCCCC[C@H](OO)c1ccccc1. The van der Waals surface area contributed by atoms with Crippen LogP contribution < -0.4 is 0 Å². The van der Waals surface area contributed by atoms with E-state index in [0.29, 0.717) is 0 Å². The first-order valence-electron chi connectivity index (χ1n) is 5.73. The van der Waals surface area contributed by atoms with Crippen LogP contribution >= 0.6 is 0 Å². The zero-order valence-electron chi connectivity index (χ0n) is 9.36. The summed E-state index contributed by atoms with van der Waals surface area (Å²) in [6, 6.07) is 9.87. The lowest BCUT2D eigenvalue weighted by molar-refractivity contribution is -0.283. The third-order valence-corrected chi connectivity index (χ3v) is 2.62. The van der Waals surface area contributed by atoms with E-state index >= 15 is 0 Å². The molecule has 1 N–H and O–H groups in total. The van der Waals surface area contributed by atoms with Gasteiger partial charge in [0.2, 0.25) is 0 Å². The molecule has 15 heavy (non-hydrogen) atoms. The van der Waals surface area contributed by atoms with E-state index in [0.717, 1.165) is 18.4 Å². The normalized spacial score (nSPS) is 12.7. The number of hydrogen-bond donors (Lipinski definition) is 1. The maximum atomic E-state index is 8.84. The van der Waals surface area contributed by atoms with Crippen LogP contribution in [0.4, 0.5) is 0 Å². The summed E-state index contributed by atoms with van der Waals surface area (Å²) in [5.41, 5.74) is 1.05. The van der Waals surface area contributed by atoms with Gasteiger partial charge in [0.15, 0.2) is 0 Å². The molecule has 1 atom stereocenters. The van der Waals surface area contributed by atoms with Gasteiger partial charge in [0.25, 0.3) is 0 Å². The van der Waals surface area contributed by atoms with Crippen molar-refractivity contribution in [1.29, 1.82) is 0 Å². The van der Waals surface area contributed by atoms with Crippen LogP contribution in [0.5, 0.6) is 0 Å². The molecule has 1 aromatic rings. The highest BCUT2D eigenvalue weighted by Crippen LogP contribution is 2.22. The molecule has 0 bridgehead atoms. The summed E-state index contributed by atoms with van der Waals surface area (Å²) in [6.07, 6.45) is 5.53. The van der Waals surface area contributed by atoms with Gasteiger partial charge in [0.05, 0.1) is 0 Å². The highest BCUT2D eigenvalue weighted by atomic mass is 17.1. The summed E-state index contributed by atoms with van der Waals surface area (Å²) in [6.45, 7) is 2.19. The molecule has 84 valence electrons. The second-order valence-corrected chi connectivity index (χ2v) is 3.85. The molecule has 0 radical (unpaired) electrons. The van der Waals surface area contributed by atoms with E-state index in [-0.39, 0.29) is 6.10 Å². The van der Waals surface area contributed by atoms with Crippen molar-refractivity contribution in [3.8, 4) is 0 Å². The molecule has 0 aromatic heterocycles. The molecule has 1 rings (SSSR count). The first-order valence-corrected chi connectivity index (χ1v) is 5.73. The van der Waals surface area contributed by atoms with E-state index in [1.54, 1.807) is 0 Å². The summed E-state index contributed by atoms with van der Waals surface area (Å²) in [5.74, 6) is 0. The van der Waals surface area contributed by atoms with Gasteiger partial charge in [0, 0.05) is 0 Å². The van der Waals surface area contributed by atoms with Crippen LogP contribution in [0.15, 0.2) is 30.3 Å². The van der Waals surface area contributed by atoms with E-state index in [2.05, 4.69) is 11.8 Å². The second kappa shape index (κ2) is 7.43. The molecule has 2 nitrogen and oxygen atoms in total. The monoisotopic (exact) mass is 208 g/mol. The average molecular weight is 208 g/mol. The lowest BCUT2D eigenvalue weighted by atomic mass is 10.0. The van der Waals surface area contributed by atoms with Gasteiger partial charge >= 0.3 is 0 Å². The number of rotatable bonds is 7. The Hall–Kier alpha value is -0.860. The fourth-order valence-electron chi connectivity index (χ4n) is 1.70. The lowest BCUT2D eigenvalue weighted by Gasteiger charge is -2.13. The Morgan fingerprint density at radius 3 is 2.47 bits per heavy atom. The van der Waals surface area contributed by atoms with Crippen molar-refractivity contribution in [3.63, 3.8) is 0 Å². The highest BCUT2D eigenvalue weighted by molar-refractivity contribution is 5.17. The van der Waals surface area contributed by atoms with Gasteiger partial charge in [-0.1, -0.05) is 62.9 Å². The number of benzene rings is 1. The molecule has 0 amide bonds. The minimum Gasteiger partial charge on any atom is -0.251 e. The Balaban J connectivity index is 2.36. The van der Waals surface area contributed by atoms with Crippen molar-refractivity contribution in [1.82, 2.24) is 0 Å². The van der Waals surface area contributed by atoms with Gasteiger partial charge in [0.1, 0.15) is 6.10 Å². The molecule has 0 aliphatic carbocycles. The van der Waals surface area contributed by atoms with Crippen molar-refractivity contribution < 1.29 is 10.1 Å². The van der Waals surface area contributed by atoms with Crippen LogP contribution in [-0.2, 0) is 4.89 Å². The minimum absolute atomic E-state index is 0.164. The Kier molecular flexibility index (Phi) is 6.05.